The van der Waals surface area contributed by atoms with Crippen LogP contribution in [0.25, 0.3) is 0 Å². The summed E-state index contributed by atoms with van der Waals surface area (Å²) in [6, 6.07) is 7.09. The minimum atomic E-state index is -0.192. The molecule has 0 aliphatic carbocycles. The predicted molar refractivity (Wildman–Crippen MR) is 72.5 cm³/mol. The SMILES string of the molecule is CCc1nnc(CN2CCCC2c2ccc(F)cc2)o1. The first kappa shape index (κ1) is 13.2. The van der Waals surface area contributed by atoms with Crippen LogP contribution in [-0.2, 0) is 13.0 Å². The van der Waals surface area contributed by atoms with E-state index in [2.05, 4.69) is 15.1 Å². The lowest BCUT2D eigenvalue weighted by Gasteiger charge is -2.23. The van der Waals surface area contributed by atoms with Crippen molar-refractivity contribution in [3.63, 3.8) is 0 Å². The molecule has 106 valence electrons. The van der Waals surface area contributed by atoms with E-state index in [-0.39, 0.29) is 5.82 Å². The normalized spacial score (nSPS) is 19.6. The molecule has 0 bridgehead atoms. The van der Waals surface area contributed by atoms with Crippen molar-refractivity contribution >= 4 is 0 Å². The first-order valence-electron chi connectivity index (χ1n) is 7.07. The van der Waals surface area contributed by atoms with Crippen molar-refractivity contribution in [3.8, 4) is 0 Å². The molecule has 0 spiro atoms. The Kier molecular flexibility index (Phi) is 3.78. The van der Waals surface area contributed by atoms with E-state index >= 15 is 0 Å². The van der Waals surface area contributed by atoms with Crippen molar-refractivity contribution in [2.24, 2.45) is 0 Å². The van der Waals surface area contributed by atoms with Crippen LogP contribution in [0.4, 0.5) is 4.39 Å². The van der Waals surface area contributed by atoms with E-state index in [1.165, 1.54) is 12.1 Å². The van der Waals surface area contributed by atoms with Crippen LogP contribution in [-0.4, -0.2) is 21.6 Å². The van der Waals surface area contributed by atoms with Gasteiger partial charge in [0.05, 0.1) is 6.54 Å². The van der Waals surface area contributed by atoms with Crippen LogP contribution in [0, 0.1) is 5.82 Å². The molecule has 1 unspecified atom stereocenters. The van der Waals surface area contributed by atoms with Crippen LogP contribution in [0.15, 0.2) is 28.7 Å². The van der Waals surface area contributed by atoms with Crippen molar-refractivity contribution in [2.75, 3.05) is 6.54 Å². The lowest BCUT2D eigenvalue weighted by Crippen LogP contribution is -2.23. The molecule has 1 aromatic heterocycles. The minimum absolute atomic E-state index is 0.192. The van der Waals surface area contributed by atoms with Crippen LogP contribution in [0.1, 0.15) is 43.2 Å². The number of likely N-dealkylation sites (tertiary alicyclic amines) is 1. The molecular weight excluding hydrogens is 257 g/mol. The molecular formula is C15H18FN3O. The van der Waals surface area contributed by atoms with Crippen LogP contribution in [0.2, 0.25) is 0 Å². The van der Waals surface area contributed by atoms with E-state index < -0.39 is 0 Å². The summed E-state index contributed by atoms with van der Waals surface area (Å²) in [6.45, 7) is 3.66. The van der Waals surface area contributed by atoms with Crippen LogP contribution >= 0.6 is 0 Å². The highest BCUT2D eigenvalue weighted by Crippen LogP contribution is 2.32. The predicted octanol–water partition coefficient (Wildman–Crippen LogP) is 3.11. The smallest absolute Gasteiger partial charge is 0.230 e. The van der Waals surface area contributed by atoms with Gasteiger partial charge in [0.15, 0.2) is 0 Å². The van der Waals surface area contributed by atoms with Gasteiger partial charge in [0.1, 0.15) is 5.82 Å². The molecule has 4 nitrogen and oxygen atoms in total. The van der Waals surface area contributed by atoms with E-state index in [9.17, 15) is 4.39 Å². The standard InChI is InChI=1S/C15H18FN3O/c1-2-14-17-18-15(20-14)10-19-9-3-4-13(19)11-5-7-12(16)8-6-11/h5-8,13H,2-4,9-10H2,1H3. The van der Waals surface area contributed by atoms with Crippen molar-refractivity contribution < 1.29 is 8.81 Å². The van der Waals surface area contributed by atoms with E-state index in [4.69, 9.17) is 4.42 Å². The molecule has 1 aliphatic heterocycles. The summed E-state index contributed by atoms with van der Waals surface area (Å²) in [6.07, 6.45) is 2.98. The van der Waals surface area contributed by atoms with Crippen molar-refractivity contribution in [2.45, 2.75) is 38.8 Å². The fourth-order valence-electron chi connectivity index (χ4n) is 2.75. The van der Waals surface area contributed by atoms with Crippen molar-refractivity contribution in [3.05, 3.63) is 47.4 Å². The monoisotopic (exact) mass is 275 g/mol. The third-order valence-electron chi connectivity index (χ3n) is 3.77. The Balaban J connectivity index is 1.73. The van der Waals surface area contributed by atoms with Crippen LogP contribution < -0.4 is 0 Å². The maximum absolute atomic E-state index is 13.0. The maximum Gasteiger partial charge on any atom is 0.230 e. The molecule has 2 heterocycles. The van der Waals surface area contributed by atoms with Crippen LogP contribution in [0.5, 0.6) is 0 Å². The number of halogens is 1. The van der Waals surface area contributed by atoms with E-state index in [1.54, 1.807) is 0 Å². The van der Waals surface area contributed by atoms with Gasteiger partial charge in [-0.25, -0.2) is 4.39 Å². The average Bonchev–Trinajstić information content (AvgIpc) is 3.09. The number of aryl methyl sites for hydroxylation is 1. The highest BCUT2D eigenvalue weighted by Gasteiger charge is 2.27. The molecule has 2 aromatic rings. The van der Waals surface area contributed by atoms with Gasteiger partial charge < -0.3 is 4.42 Å². The zero-order chi connectivity index (χ0) is 13.9. The molecule has 1 aromatic carbocycles. The molecule has 5 heteroatoms. The third kappa shape index (κ3) is 2.72. The number of benzene rings is 1. The average molecular weight is 275 g/mol. The second-order valence-corrected chi connectivity index (χ2v) is 5.12. The van der Waals surface area contributed by atoms with E-state index in [0.717, 1.165) is 31.4 Å². The van der Waals surface area contributed by atoms with E-state index in [0.29, 0.717) is 24.4 Å². The topological polar surface area (TPSA) is 42.2 Å². The molecule has 3 rings (SSSR count). The Morgan fingerprint density at radius 2 is 2.00 bits per heavy atom. The number of hydrogen-bond acceptors (Lipinski definition) is 4. The molecule has 1 fully saturated rings. The van der Waals surface area contributed by atoms with Crippen molar-refractivity contribution in [1.82, 2.24) is 15.1 Å². The van der Waals surface area contributed by atoms with Gasteiger partial charge in [0.25, 0.3) is 0 Å². The zero-order valence-electron chi connectivity index (χ0n) is 11.6. The summed E-state index contributed by atoms with van der Waals surface area (Å²) in [5, 5.41) is 8.07. The second kappa shape index (κ2) is 5.71. The summed E-state index contributed by atoms with van der Waals surface area (Å²) in [5.74, 6) is 1.15. The Labute approximate surface area is 117 Å². The maximum atomic E-state index is 13.0. The molecule has 0 N–H and O–H groups in total. The first-order chi connectivity index (χ1) is 9.76. The second-order valence-electron chi connectivity index (χ2n) is 5.12. The summed E-state index contributed by atoms with van der Waals surface area (Å²) < 4.78 is 18.6. The molecule has 20 heavy (non-hydrogen) atoms. The molecule has 1 saturated heterocycles. The van der Waals surface area contributed by atoms with Gasteiger partial charge in [-0.15, -0.1) is 10.2 Å². The Bertz CT molecular complexity index is 567. The quantitative estimate of drug-likeness (QED) is 0.860. The molecule has 1 atom stereocenters. The van der Waals surface area contributed by atoms with Crippen molar-refractivity contribution in [1.29, 1.82) is 0 Å². The molecule has 0 saturated carbocycles. The highest BCUT2D eigenvalue weighted by atomic mass is 19.1. The lowest BCUT2D eigenvalue weighted by molar-refractivity contribution is 0.221. The number of hydrogen-bond donors (Lipinski definition) is 0. The Hall–Kier alpha value is -1.75. The van der Waals surface area contributed by atoms with Gasteiger partial charge in [-0.1, -0.05) is 19.1 Å². The number of nitrogens with zero attached hydrogens (tertiary/aromatic N) is 3. The van der Waals surface area contributed by atoms with Crippen LogP contribution in [0.3, 0.4) is 0 Å². The number of aromatic nitrogens is 2. The van der Waals surface area contributed by atoms with E-state index in [1.807, 2.05) is 19.1 Å². The fourth-order valence-corrected chi connectivity index (χ4v) is 2.75. The summed E-state index contributed by atoms with van der Waals surface area (Å²) in [4.78, 5) is 2.32. The summed E-state index contributed by atoms with van der Waals surface area (Å²) in [5.41, 5.74) is 1.15. The minimum Gasteiger partial charge on any atom is -0.424 e. The largest absolute Gasteiger partial charge is 0.424 e. The Morgan fingerprint density at radius 1 is 1.25 bits per heavy atom. The van der Waals surface area contributed by atoms with Gasteiger partial charge in [-0.2, -0.15) is 0 Å². The lowest BCUT2D eigenvalue weighted by atomic mass is 10.0. The third-order valence-corrected chi connectivity index (χ3v) is 3.77. The summed E-state index contributed by atoms with van der Waals surface area (Å²) in [7, 11) is 0. The molecule has 0 radical (unpaired) electrons. The van der Waals surface area contributed by atoms with Gasteiger partial charge in [0.2, 0.25) is 11.8 Å². The van der Waals surface area contributed by atoms with Gasteiger partial charge in [0, 0.05) is 12.5 Å². The van der Waals surface area contributed by atoms with Gasteiger partial charge >= 0.3 is 0 Å². The Morgan fingerprint density at radius 3 is 2.70 bits per heavy atom. The summed E-state index contributed by atoms with van der Waals surface area (Å²) >= 11 is 0. The number of rotatable bonds is 4. The molecule has 1 aliphatic rings. The zero-order valence-corrected chi connectivity index (χ0v) is 11.6. The van der Waals surface area contributed by atoms with Gasteiger partial charge in [-0.05, 0) is 37.1 Å². The first-order valence-corrected chi connectivity index (χ1v) is 7.07. The highest BCUT2D eigenvalue weighted by molar-refractivity contribution is 5.21. The van der Waals surface area contributed by atoms with Gasteiger partial charge in [-0.3, -0.25) is 4.90 Å². The molecule has 0 amide bonds. The fraction of sp³-hybridized carbons (Fsp3) is 0.467.